The molecule has 3 heterocycles. The molecule has 0 saturated heterocycles. The molecule has 2 aliphatic heterocycles. The zero-order chi connectivity index (χ0) is 16.8. The van der Waals surface area contributed by atoms with Crippen molar-refractivity contribution < 1.29 is 4.79 Å². The van der Waals surface area contributed by atoms with E-state index in [4.69, 9.17) is 4.98 Å². The van der Waals surface area contributed by atoms with Gasteiger partial charge in [-0.1, -0.05) is 48.5 Å². The molecule has 0 amide bonds. The highest BCUT2D eigenvalue weighted by Crippen LogP contribution is 2.34. The molecule has 0 saturated carbocycles. The second-order valence-corrected chi connectivity index (χ2v) is 6.20. The molecule has 1 aromatic heterocycles. The number of hydrogen-bond donors (Lipinski definition) is 0. The molecule has 0 spiro atoms. The predicted molar refractivity (Wildman–Crippen MR) is 100 cm³/mol. The van der Waals surface area contributed by atoms with Crippen molar-refractivity contribution in [2.75, 3.05) is 18.0 Å². The summed E-state index contributed by atoms with van der Waals surface area (Å²) in [5, 5.41) is 1.07. The smallest absolute Gasteiger partial charge is 0.196 e. The number of amidine groups is 1. The minimum absolute atomic E-state index is 0.00468. The molecule has 4 nitrogen and oxygen atoms in total. The number of aromatic nitrogens is 1. The van der Waals surface area contributed by atoms with Crippen molar-refractivity contribution in [2.24, 2.45) is 4.99 Å². The van der Waals surface area contributed by atoms with Gasteiger partial charge in [0.2, 0.25) is 0 Å². The number of carbonyl (C=O) groups excluding carboxylic acids is 1. The first-order chi connectivity index (χ1) is 12.3. The molecular weight excluding hydrogens is 310 g/mol. The van der Waals surface area contributed by atoms with E-state index in [2.05, 4.69) is 16.0 Å². The molecule has 4 heteroatoms. The van der Waals surface area contributed by atoms with Gasteiger partial charge in [0.05, 0.1) is 17.6 Å². The van der Waals surface area contributed by atoms with E-state index in [1.54, 1.807) is 0 Å². The van der Waals surface area contributed by atoms with E-state index in [0.717, 1.165) is 34.7 Å². The van der Waals surface area contributed by atoms with Crippen LogP contribution in [0.1, 0.15) is 15.9 Å². The number of hydrogen-bond acceptors (Lipinski definition) is 4. The summed E-state index contributed by atoms with van der Waals surface area (Å²) >= 11 is 0. The molecule has 0 fully saturated rings. The number of rotatable bonds is 2. The van der Waals surface area contributed by atoms with Crippen molar-refractivity contribution in [3.05, 3.63) is 77.4 Å². The number of Topliss-reactive ketones (excluding diaryl/α,β-unsaturated/α-hetero) is 1. The molecule has 0 radical (unpaired) electrons. The molecule has 0 bridgehead atoms. The predicted octanol–water partition coefficient (Wildman–Crippen LogP) is 3.73. The third-order valence-corrected chi connectivity index (χ3v) is 4.65. The van der Waals surface area contributed by atoms with E-state index in [-0.39, 0.29) is 5.78 Å². The van der Waals surface area contributed by atoms with E-state index < -0.39 is 0 Å². The number of carbonyl (C=O) groups is 1. The Morgan fingerprint density at radius 2 is 1.80 bits per heavy atom. The van der Waals surface area contributed by atoms with Crippen LogP contribution in [0.25, 0.3) is 17.0 Å². The maximum absolute atomic E-state index is 13.0. The molecule has 0 aliphatic carbocycles. The Morgan fingerprint density at radius 3 is 2.68 bits per heavy atom. The molecule has 2 aliphatic rings. The van der Waals surface area contributed by atoms with Crippen LogP contribution in [0, 0.1) is 0 Å². The summed E-state index contributed by atoms with van der Waals surface area (Å²) in [5.74, 6) is 1.63. The van der Waals surface area contributed by atoms with Gasteiger partial charge in [-0.25, -0.2) is 4.98 Å². The number of fused-ring (bicyclic) bond motifs is 4. The lowest BCUT2D eigenvalue weighted by molar-refractivity contribution is 0.104. The van der Waals surface area contributed by atoms with Crippen LogP contribution in [0.5, 0.6) is 0 Å². The first-order valence-electron chi connectivity index (χ1n) is 8.35. The molecule has 2 aromatic carbocycles. The summed E-state index contributed by atoms with van der Waals surface area (Å²) in [7, 11) is 0. The number of anilines is 1. The third-order valence-electron chi connectivity index (χ3n) is 4.65. The fourth-order valence-electron chi connectivity index (χ4n) is 3.46. The molecule has 5 rings (SSSR count). The summed E-state index contributed by atoms with van der Waals surface area (Å²) in [6, 6.07) is 19.5. The second kappa shape index (κ2) is 5.38. The molecule has 0 atom stereocenters. The van der Waals surface area contributed by atoms with Crippen molar-refractivity contribution >= 4 is 34.4 Å². The number of nitrogens with zero attached hydrogens (tertiary/aromatic N) is 3. The fourth-order valence-corrected chi connectivity index (χ4v) is 3.46. The van der Waals surface area contributed by atoms with Crippen LogP contribution < -0.4 is 4.90 Å². The highest BCUT2D eigenvalue weighted by Gasteiger charge is 2.32. The third kappa shape index (κ3) is 2.18. The number of para-hydroxylation sites is 1. The lowest BCUT2D eigenvalue weighted by atomic mass is 9.96. The Kier molecular flexibility index (Phi) is 3.04. The molecule has 0 unspecified atom stereocenters. The van der Waals surface area contributed by atoms with Crippen molar-refractivity contribution in [1.82, 2.24) is 4.98 Å². The lowest BCUT2D eigenvalue weighted by Crippen LogP contribution is -2.35. The van der Waals surface area contributed by atoms with Gasteiger partial charge < -0.3 is 4.90 Å². The van der Waals surface area contributed by atoms with Gasteiger partial charge in [-0.05, 0) is 18.2 Å². The van der Waals surface area contributed by atoms with E-state index in [1.165, 1.54) is 0 Å². The number of ketones is 1. The summed E-state index contributed by atoms with van der Waals surface area (Å²) < 4.78 is 0. The first-order valence-corrected chi connectivity index (χ1v) is 8.35. The average molecular weight is 325 g/mol. The van der Waals surface area contributed by atoms with Crippen LogP contribution in [-0.4, -0.2) is 29.7 Å². The Morgan fingerprint density at radius 1 is 1.00 bits per heavy atom. The van der Waals surface area contributed by atoms with Crippen molar-refractivity contribution in [3.8, 4) is 0 Å². The van der Waals surface area contributed by atoms with Crippen LogP contribution >= 0.6 is 0 Å². The SMILES string of the molecule is O=C(C1=Cc2cc3ccccc3nc2N2CCN=C12)c1ccccc1. The van der Waals surface area contributed by atoms with Crippen molar-refractivity contribution in [2.45, 2.75) is 0 Å². The van der Waals surface area contributed by atoms with Gasteiger partial charge in [0.25, 0.3) is 0 Å². The molecule has 0 N–H and O–H groups in total. The van der Waals surface area contributed by atoms with Gasteiger partial charge in [0.15, 0.2) is 5.78 Å². The quantitative estimate of drug-likeness (QED) is 0.674. The maximum Gasteiger partial charge on any atom is 0.196 e. The minimum Gasteiger partial charge on any atom is -0.308 e. The van der Waals surface area contributed by atoms with Crippen LogP contribution in [0.3, 0.4) is 0 Å². The van der Waals surface area contributed by atoms with Crippen molar-refractivity contribution in [3.63, 3.8) is 0 Å². The van der Waals surface area contributed by atoms with Crippen LogP contribution in [0.15, 0.2) is 71.2 Å². The van der Waals surface area contributed by atoms with Gasteiger partial charge in [-0.3, -0.25) is 9.79 Å². The zero-order valence-corrected chi connectivity index (χ0v) is 13.5. The Hall–Kier alpha value is -3.27. The monoisotopic (exact) mass is 325 g/mol. The van der Waals surface area contributed by atoms with Gasteiger partial charge in [0.1, 0.15) is 11.7 Å². The van der Waals surface area contributed by atoms with Gasteiger partial charge >= 0.3 is 0 Å². The highest BCUT2D eigenvalue weighted by atomic mass is 16.1. The number of pyridine rings is 1. The Labute approximate surface area is 145 Å². The fraction of sp³-hybridized carbons (Fsp3) is 0.0952. The van der Waals surface area contributed by atoms with E-state index in [1.807, 2.05) is 60.7 Å². The van der Waals surface area contributed by atoms with Crippen LogP contribution in [0.2, 0.25) is 0 Å². The van der Waals surface area contributed by atoms with E-state index in [0.29, 0.717) is 17.7 Å². The van der Waals surface area contributed by atoms with Gasteiger partial charge in [0, 0.05) is 23.1 Å². The minimum atomic E-state index is 0.00468. The summed E-state index contributed by atoms with van der Waals surface area (Å²) in [5.41, 5.74) is 3.26. The number of aliphatic imine (C=N–C) groups is 1. The zero-order valence-electron chi connectivity index (χ0n) is 13.5. The van der Waals surface area contributed by atoms with E-state index >= 15 is 0 Å². The molecular formula is C21H15N3O. The van der Waals surface area contributed by atoms with Gasteiger partial charge in [-0.15, -0.1) is 0 Å². The molecule has 120 valence electrons. The first kappa shape index (κ1) is 14.1. The largest absolute Gasteiger partial charge is 0.308 e. The summed E-state index contributed by atoms with van der Waals surface area (Å²) in [4.78, 5) is 24.5. The Balaban J connectivity index is 1.71. The summed E-state index contributed by atoms with van der Waals surface area (Å²) in [6.07, 6.45) is 1.94. The van der Waals surface area contributed by atoms with Crippen LogP contribution in [-0.2, 0) is 0 Å². The lowest BCUT2D eigenvalue weighted by Gasteiger charge is -2.27. The number of benzene rings is 2. The highest BCUT2D eigenvalue weighted by molar-refractivity contribution is 6.35. The van der Waals surface area contributed by atoms with Gasteiger partial charge in [-0.2, -0.15) is 0 Å². The normalized spacial score (nSPS) is 15.4. The topological polar surface area (TPSA) is 45.6 Å². The standard InChI is InChI=1S/C21H15N3O/c25-19(14-6-2-1-3-7-14)17-13-16-12-15-8-4-5-9-18(15)23-20(16)24-11-10-22-21(17)24/h1-9,12-13H,10-11H2. The van der Waals surface area contributed by atoms with E-state index in [9.17, 15) is 4.79 Å². The van der Waals surface area contributed by atoms with Crippen LogP contribution in [0.4, 0.5) is 5.82 Å². The Bertz CT molecular complexity index is 1070. The average Bonchev–Trinajstić information content (AvgIpc) is 3.16. The maximum atomic E-state index is 13.0. The molecule has 3 aromatic rings. The summed E-state index contributed by atoms with van der Waals surface area (Å²) in [6.45, 7) is 1.44. The second-order valence-electron chi connectivity index (χ2n) is 6.20. The van der Waals surface area contributed by atoms with Crippen molar-refractivity contribution in [1.29, 1.82) is 0 Å². The molecule has 25 heavy (non-hydrogen) atoms.